The number of aromatic nitrogens is 2. The van der Waals surface area contributed by atoms with Gasteiger partial charge in [0.05, 0.1) is 5.60 Å². The van der Waals surface area contributed by atoms with Crippen molar-refractivity contribution in [2.45, 2.75) is 57.1 Å². The van der Waals surface area contributed by atoms with Crippen LogP contribution < -0.4 is 5.32 Å². The highest BCUT2D eigenvalue weighted by atomic mass is 32.2. The summed E-state index contributed by atoms with van der Waals surface area (Å²) in [7, 11) is 0. The molecule has 0 unspecified atom stereocenters. The molecule has 0 aliphatic carbocycles. The predicted octanol–water partition coefficient (Wildman–Crippen LogP) is 3.24. The lowest BCUT2D eigenvalue weighted by molar-refractivity contribution is -0.0628. The van der Waals surface area contributed by atoms with Crippen LogP contribution in [-0.4, -0.2) is 39.7 Å². The summed E-state index contributed by atoms with van der Waals surface area (Å²) in [6, 6.07) is 2.43. The van der Waals surface area contributed by atoms with Crippen LogP contribution in [0.5, 0.6) is 0 Å². The highest BCUT2D eigenvalue weighted by Crippen LogP contribution is 2.38. The molecule has 0 saturated carbocycles. The van der Waals surface area contributed by atoms with E-state index in [0.29, 0.717) is 6.04 Å². The number of rotatable bonds is 2. The van der Waals surface area contributed by atoms with Gasteiger partial charge in [-0.25, -0.2) is 9.97 Å². The molecule has 0 aromatic carbocycles. The monoisotopic (exact) mass is 307 g/mol. The molecule has 2 aliphatic heterocycles. The standard InChI is InChI=1S/C16H25N3OS/c1-15(2,3)14-17-7-4-13(19-14)18-12-5-8-20-16(10-12)6-9-21-11-16/h4,7,12H,5-6,8-11H2,1-3H3,(H,17,18,19)/t12-,16+/m1/s1. The summed E-state index contributed by atoms with van der Waals surface area (Å²) < 4.78 is 6.08. The molecule has 3 rings (SSSR count). The molecule has 2 saturated heterocycles. The molecular weight excluding hydrogens is 282 g/mol. The average molecular weight is 307 g/mol. The third-order valence-electron chi connectivity index (χ3n) is 4.24. The summed E-state index contributed by atoms with van der Waals surface area (Å²) in [6.45, 7) is 7.29. The number of ether oxygens (including phenoxy) is 1. The van der Waals surface area contributed by atoms with Crippen molar-refractivity contribution in [1.29, 1.82) is 0 Å². The van der Waals surface area contributed by atoms with E-state index in [-0.39, 0.29) is 11.0 Å². The molecule has 116 valence electrons. The minimum absolute atomic E-state index is 0.0172. The number of hydrogen-bond acceptors (Lipinski definition) is 5. The van der Waals surface area contributed by atoms with Gasteiger partial charge in [-0.2, -0.15) is 11.8 Å². The van der Waals surface area contributed by atoms with Crippen LogP contribution in [0.3, 0.4) is 0 Å². The van der Waals surface area contributed by atoms with Gasteiger partial charge in [0.15, 0.2) is 0 Å². The Kier molecular flexibility index (Phi) is 4.14. The fourth-order valence-corrected chi connectivity index (χ4v) is 4.40. The number of anilines is 1. The first-order valence-electron chi connectivity index (χ1n) is 7.79. The summed E-state index contributed by atoms with van der Waals surface area (Å²) in [5, 5.41) is 3.60. The van der Waals surface area contributed by atoms with E-state index in [0.717, 1.165) is 36.8 Å². The average Bonchev–Trinajstić information content (AvgIpc) is 2.86. The van der Waals surface area contributed by atoms with Crippen molar-refractivity contribution in [1.82, 2.24) is 9.97 Å². The Morgan fingerprint density at radius 3 is 3.00 bits per heavy atom. The van der Waals surface area contributed by atoms with Gasteiger partial charge >= 0.3 is 0 Å². The van der Waals surface area contributed by atoms with Crippen molar-refractivity contribution in [2.24, 2.45) is 0 Å². The van der Waals surface area contributed by atoms with Crippen LogP contribution in [0.15, 0.2) is 12.3 Å². The zero-order valence-corrected chi connectivity index (χ0v) is 14.0. The van der Waals surface area contributed by atoms with Gasteiger partial charge in [-0.3, -0.25) is 0 Å². The van der Waals surface area contributed by atoms with E-state index < -0.39 is 0 Å². The van der Waals surface area contributed by atoms with E-state index in [9.17, 15) is 0 Å². The van der Waals surface area contributed by atoms with E-state index in [2.05, 4.69) is 36.1 Å². The highest BCUT2D eigenvalue weighted by Gasteiger charge is 2.40. The Labute approximate surface area is 131 Å². The van der Waals surface area contributed by atoms with Crippen LogP contribution in [0.4, 0.5) is 5.82 Å². The molecule has 21 heavy (non-hydrogen) atoms. The topological polar surface area (TPSA) is 47.0 Å². The lowest BCUT2D eigenvalue weighted by Gasteiger charge is -2.38. The molecule has 2 atom stereocenters. The van der Waals surface area contributed by atoms with E-state index in [1.165, 1.54) is 12.2 Å². The number of thioether (sulfide) groups is 1. The third kappa shape index (κ3) is 3.51. The quantitative estimate of drug-likeness (QED) is 0.909. The highest BCUT2D eigenvalue weighted by molar-refractivity contribution is 7.99. The van der Waals surface area contributed by atoms with Gasteiger partial charge in [0, 0.05) is 30.0 Å². The SMILES string of the molecule is CC(C)(C)c1nccc(N[C@@H]2CCO[C@@]3(CCSC3)C2)n1. The lowest BCUT2D eigenvalue weighted by atomic mass is 9.90. The Morgan fingerprint density at radius 2 is 2.29 bits per heavy atom. The summed E-state index contributed by atoms with van der Waals surface area (Å²) in [5.41, 5.74) is 0.0944. The van der Waals surface area contributed by atoms with Gasteiger partial charge in [-0.15, -0.1) is 0 Å². The smallest absolute Gasteiger partial charge is 0.135 e. The molecular formula is C16H25N3OS. The molecule has 4 nitrogen and oxygen atoms in total. The summed E-state index contributed by atoms with van der Waals surface area (Å²) in [4.78, 5) is 9.08. The van der Waals surface area contributed by atoms with E-state index in [4.69, 9.17) is 4.74 Å². The molecule has 1 aromatic heterocycles. The normalized spacial score (nSPS) is 29.8. The maximum atomic E-state index is 6.08. The fraction of sp³-hybridized carbons (Fsp3) is 0.750. The minimum Gasteiger partial charge on any atom is -0.374 e. The summed E-state index contributed by atoms with van der Waals surface area (Å²) >= 11 is 2.02. The van der Waals surface area contributed by atoms with Crippen molar-refractivity contribution in [3.05, 3.63) is 18.1 Å². The summed E-state index contributed by atoms with van der Waals surface area (Å²) in [5.74, 6) is 4.21. The molecule has 0 bridgehead atoms. The van der Waals surface area contributed by atoms with E-state index in [1.54, 1.807) is 0 Å². The van der Waals surface area contributed by atoms with Gasteiger partial charge in [-0.1, -0.05) is 20.8 Å². The van der Waals surface area contributed by atoms with Crippen molar-refractivity contribution in [2.75, 3.05) is 23.4 Å². The van der Waals surface area contributed by atoms with Gasteiger partial charge in [0.1, 0.15) is 11.6 Å². The van der Waals surface area contributed by atoms with Crippen molar-refractivity contribution in [3.63, 3.8) is 0 Å². The fourth-order valence-electron chi connectivity index (χ4n) is 3.02. The van der Waals surface area contributed by atoms with Crippen LogP contribution in [0.2, 0.25) is 0 Å². The van der Waals surface area contributed by atoms with Crippen LogP contribution in [0.25, 0.3) is 0 Å². The Bertz CT molecular complexity index is 495. The molecule has 1 aromatic rings. The second-order valence-corrected chi connectivity index (χ2v) is 8.29. The molecule has 5 heteroatoms. The maximum Gasteiger partial charge on any atom is 0.135 e. The molecule has 3 heterocycles. The molecule has 0 radical (unpaired) electrons. The molecule has 1 spiro atoms. The zero-order chi connectivity index (χ0) is 14.9. The van der Waals surface area contributed by atoms with Crippen LogP contribution in [0, 0.1) is 0 Å². The number of hydrogen-bond donors (Lipinski definition) is 1. The number of nitrogens with zero attached hydrogens (tertiary/aromatic N) is 2. The van der Waals surface area contributed by atoms with Crippen LogP contribution >= 0.6 is 11.8 Å². The second kappa shape index (κ2) is 5.76. The first-order chi connectivity index (χ1) is 9.97. The third-order valence-corrected chi connectivity index (χ3v) is 5.46. The Morgan fingerprint density at radius 1 is 1.43 bits per heavy atom. The predicted molar refractivity (Wildman–Crippen MR) is 88.0 cm³/mol. The minimum atomic E-state index is -0.0172. The van der Waals surface area contributed by atoms with Crippen molar-refractivity contribution in [3.8, 4) is 0 Å². The van der Waals surface area contributed by atoms with Crippen LogP contribution in [-0.2, 0) is 10.2 Å². The summed E-state index contributed by atoms with van der Waals surface area (Å²) in [6.07, 6.45) is 5.19. The van der Waals surface area contributed by atoms with Crippen molar-refractivity contribution >= 4 is 17.6 Å². The van der Waals surface area contributed by atoms with E-state index >= 15 is 0 Å². The van der Waals surface area contributed by atoms with E-state index in [1.807, 2.05) is 24.0 Å². The Hall–Kier alpha value is -0.810. The van der Waals surface area contributed by atoms with Crippen LogP contribution in [0.1, 0.15) is 45.9 Å². The molecule has 2 fully saturated rings. The first-order valence-corrected chi connectivity index (χ1v) is 8.94. The van der Waals surface area contributed by atoms with Gasteiger partial charge < -0.3 is 10.1 Å². The second-order valence-electron chi connectivity index (χ2n) is 7.18. The van der Waals surface area contributed by atoms with Crippen molar-refractivity contribution < 1.29 is 4.74 Å². The van der Waals surface area contributed by atoms with Gasteiger partial charge in [0.25, 0.3) is 0 Å². The lowest BCUT2D eigenvalue weighted by Crippen LogP contribution is -2.44. The number of nitrogens with one attached hydrogen (secondary N) is 1. The largest absolute Gasteiger partial charge is 0.374 e. The zero-order valence-electron chi connectivity index (χ0n) is 13.2. The molecule has 1 N–H and O–H groups in total. The molecule has 2 aliphatic rings. The molecule has 0 amide bonds. The van der Waals surface area contributed by atoms with Gasteiger partial charge in [0.2, 0.25) is 0 Å². The first kappa shape index (κ1) is 15.1. The maximum absolute atomic E-state index is 6.08. The van der Waals surface area contributed by atoms with Gasteiger partial charge in [-0.05, 0) is 31.1 Å². The Balaban J connectivity index is 1.69.